The van der Waals surface area contributed by atoms with E-state index < -0.39 is 51.1 Å². The molecule has 0 aromatic carbocycles. The highest BCUT2D eigenvalue weighted by Gasteiger charge is 2.28. The lowest BCUT2D eigenvalue weighted by molar-refractivity contribution is -0.161. The molecule has 3 atom stereocenters. The van der Waals surface area contributed by atoms with Crippen LogP contribution in [0.5, 0.6) is 0 Å². The summed E-state index contributed by atoms with van der Waals surface area (Å²) in [6, 6.07) is -1.52. The Morgan fingerprint density at radius 1 is 0.466 bits per heavy atom. The Kier molecular flexibility index (Phi) is 41.1. The van der Waals surface area contributed by atoms with Crippen molar-refractivity contribution in [1.29, 1.82) is 0 Å². The molecule has 11 nitrogen and oxygen atoms in total. The van der Waals surface area contributed by atoms with Gasteiger partial charge in [-0.25, -0.2) is 4.57 Å². The number of carbonyl (C=O) groups excluding carboxylic acids is 2. The summed E-state index contributed by atoms with van der Waals surface area (Å²) in [6.45, 7) is 2.86. The molecule has 0 heterocycles. The third-order valence-electron chi connectivity index (χ3n) is 10.9. The Bertz CT molecular complexity index is 1000. The van der Waals surface area contributed by atoms with Crippen molar-refractivity contribution in [3.05, 3.63) is 0 Å². The Hall–Kier alpha value is -1.52. The minimum absolute atomic E-state index is 0.170. The lowest BCUT2D eigenvalue weighted by Gasteiger charge is -2.20. The Labute approximate surface area is 355 Å². The van der Waals surface area contributed by atoms with E-state index in [9.17, 15) is 23.8 Å². The molecule has 58 heavy (non-hydrogen) atoms. The summed E-state index contributed by atoms with van der Waals surface area (Å²) in [5.41, 5.74) is 5.34. The van der Waals surface area contributed by atoms with Gasteiger partial charge in [-0.2, -0.15) is 0 Å². The standard InChI is InChI=1S/C46H90NO10P/c1-3-5-7-9-11-13-15-17-19-21-22-24-25-27-29-31-33-35-37-44(48)54-39-42(40-55-58(52,53)56-41-43(47)46(50)51)57-45(49)38-36-34-32-30-28-26-23-20-18-16-14-12-10-8-6-4-2/h42-43H,3-41,47H2,1-2H3,(H,50,51)(H,52,53)/t42-,43+/m1/s1. The highest BCUT2D eigenvalue weighted by atomic mass is 31.2. The summed E-state index contributed by atoms with van der Waals surface area (Å²) in [5.74, 6) is -2.35. The summed E-state index contributed by atoms with van der Waals surface area (Å²) in [6.07, 6.45) is 41.6. The molecule has 0 bridgehead atoms. The molecule has 1 unspecified atom stereocenters. The van der Waals surface area contributed by atoms with E-state index in [0.717, 1.165) is 38.5 Å². The number of esters is 2. The van der Waals surface area contributed by atoms with Gasteiger partial charge in [0.2, 0.25) is 0 Å². The minimum Gasteiger partial charge on any atom is -0.480 e. The molecule has 12 heteroatoms. The van der Waals surface area contributed by atoms with E-state index in [1.807, 2.05) is 0 Å². The average Bonchev–Trinajstić information content (AvgIpc) is 3.20. The van der Waals surface area contributed by atoms with Crippen LogP contribution in [0.25, 0.3) is 0 Å². The van der Waals surface area contributed by atoms with E-state index in [1.165, 1.54) is 167 Å². The second-order valence-corrected chi connectivity index (χ2v) is 18.1. The summed E-state index contributed by atoms with van der Waals surface area (Å²) in [7, 11) is -4.71. The number of rotatable bonds is 46. The molecule has 344 valence electrons. The number of ether oxygens (including phenoxy) is 2. The first-order chi connectivity index (χ1) is 28.1. The summed E-state index contributed by atoms with van der Waals surface area (Å²) in [5, 5.41) is 8.90. The number of carboxylic acid groups (broad SMARTS) is 1. The molecule has 0 aromatic heterocycles. The van der Waals surface area contributed by atoms with Gasteiger partial charge in [-0.15, -0.1) is 0 Å². The fraction of sp³-hybridized carbons (Fsp3) is 0.935. The number of hydrogen-bond acceptors (Lipinski definition) is 9. The van der Waals surface area contributed by atoms with Crippen LogP contribution >= 0.6 is 7.82 Å². The Morgan fingerprint density at radius 3 is 1.09 bits per heavy atom. The van der Waals surface area contributed by atoms with Crippen LogP contribution in [0.3, 0.4) is 0 Å². The molecule has 0 amide bonds. The zero-order valence-corrected chi connectivity index (χ0v) is 38.3. The normalized spacial score (nSPS) is 13.6. The van der Waals surface area contributed by atoms with Gasteiger partial charge in [-0.3, -0.25) is 23.4 Å². The molecule has 0 saturated carbocycles. The SMILES string of the molecule is CCCCCCCCCCCCCCCCCCCCC(=O)OC[C@H](COP(=O)(O)OC[C@H](N)C(=O)O)OC(=O)CCCCCCCCCCCCCCCCCC. The molecule has 0 aliphatic rings. The molecule has 0 aliphatic heterocycles. The van der Waals surface area contributed by atoms with Crippen molar-refractivity contribution in [3.63, 3.8) is 0 Å². The predicted molar refractivity (Wildman–Crippen MR) is 236 cm³/mol. The highest BCUT2D eigenvalue weighted by Crippen LogP contribution is 2.43. The van der Waals surface area contributed by atoms with E-state index in [0.29, 0.717) is 12.8 Å². The van der Waals surface area contributed by atoms with Gasteiger partial charge in [0, 0.05) is 12.8 Å². The van der Waals surface area contributed by atoms with Crippen molar-refractivity contribution in [3.8, 4) is 0 Å². The number of hydrogen-bond donors (Lipinski definition) is 3. The van der Waals surface area contributed by atoms with Crippen LogP contribution in [0.4, 0.5) is 0 Å². The van der Waals surface area contributed by atoms with Crippen molar-refractivity contribution >= 4 is 25.7 Å². The zero-order chi connectivity index (χ0) is 42.8. The van der Waals surface area contributed by atoms with Gasteiger partial charge < -0.3 is 25.2 Å². The van der Waals surface area contributed by atoms with Crippen LogP contribution in [0.2, 0.25) is 0 Å². The summed E-state index contributed by atoms with van der Waals surface area (Å²) < 4.78 is 32.8. The van der Waals surface area contributed by atoms with Crippen LogP contribution in [0, 0.1) is 0 Å². The van der Waals surface area contributed by atoms with Crippen LogP contribution in [0.1, 0.15) is 245 Å². The fourth-order valence-electron chi connectivity index (χ4n) is 7.07. The van der Waals surface area contributed by atoms with E-state index in [4.69, 9.17) is 24.8 Å². The van der Waals surface area contributed by atoms with Crippen LogP contribution < -0.4 is 5.73 Å². The monoisotopic (exact) mass is 848 g/mol. The van der Waals surface area contributed by atoms with Crippen molar-refractivity contribution in [2.24, 2.45) is 5.73 Å². The highest BCUT2D eigenvalue weighted by molar-refractivity contribution is 7.47. The van der Waals surface area contributed by atoms with Gasteiger partial charge in [0.05, 0.1) is 13.2 Å². The van der Waals surface area contributed by atoms with Gasteiger partial charge in [0.1, 0.15) is 12.6 Å². The molecule has 0 radical (unpaired) electrons. The zero-order valence-electron chi connectivity index (χ0n) is 37.4. The maximum Gasteiger partial charge on any atom is 0.472 e. The molecule has 0 rings (SSSR count). The lowest BCUT2D eigenvalue weighted by atomic mass is 10.0. The first kappa shape index (κ1) is 56.5. The maximum absolute atomic E-state index is 12.7. The molecular formula is C46H90NO10P. The number of phosphoric ester groups is 1. The second kappa shape index (κ2) is 42.2. The first-order valence-electron chi connectivity index (χ1n) is 24.1. The number of unbranched alkanes of at least 4 members (excludes halogenated alkanes) is 32. The quantitative estimate of drug-likeness (QED) is 0.0302. The van der Waals surface area contributed by atoms with E-state index in [2.05, 4.69) is 18.4 Å². The number of nitrogens with two attached hydrogens (primary N) is 1. The number of aliphatic carboxylic acids is 1. The molecular weight excluding hydrogens is 757 g/mol. The van der Waals surface area contributed by atoms with Crippen LogP contribution in [-0.2, 0) is 37.5 Å². The molecule has 0 aromatic rings. The smallest absolute Gasteiger partial charge is 0.472 e. The van der Waals surface area contributed by atoms with Crippen molar-refractivity contribution in [2.75, 3.05) is 19.8 Å². The van der Waals surface area contributed by atoms with Gasteiger partial charge in [0.25, 0.3) is 0 Å². The van der Waals surface area contributed by atoms with Crippen molar-refractivity contribution < 1.29 is 47.5 Å². The third kappa shape index (κ3) is 41.2. The molecule has 0 spiro atoms. The Balaban J connectivity index is 4.24. The van der Waals surface area contributed by atoms with E-state index in [-0.39, 0.29) is 19.4 Å². The molecule has 0 fully saturated rings. The maximum atomic E-state index is 12.7. The number of carboxylic acids is 1. The summed E-state index contributed by atoms with van der Waals surface area (Å²) >= 11 is 0. The van der Waals surface area contributed by atoms with E-state index >= 15 is 0 Å². The topological polar surface area (TPSA) is 172 Å². The molecule has 0 saturated heterocycles. The van der Waals surface area contributed by atoms with Crippen molar-refractivity contribution in [1.82, 2.24) is 0 Å². The minimum atomic E-state index is -4.71. The predicted octanol–water partition coefficient (Wildman–Crippen LogP) is 13.1. The Morgan fingerprint density at radius 2 is 0.759 bits per heavy atom. The number of phosphoric acid groups is 1. The van der Waals surface area contributed by atoms with Gasteiger partial charge >= 0.3 is 25.7 Å². The van der Waals surface area contributed by atoms with Gasteiger partial charge in [-0.1, -0.05) is 219 Å². The fourth-order valence-corrected chi connectivity index (χ4v) is 7.85. The van der Waals surface area contributed by atoms with Crippen LogP contribution in [0.15, 0.2) is 0 Å². The lowest BCUT2D eigenvalue weighted by Crippen LogP contribution is -2.34. The summed E-state index contributed by atoms with van der Waals surface area (Å²) in [4.78, 5) is 46.1. The second-order valence-electron chi connectivity index (χ2n) is 16.6. The molecule has 4 N–H and O–H groups in total. The molecule has 0 aliphatic carbocycles. The van der Waals surface area contributed by atoms with E-state index in [1.54, 1.807) is 0 Å². The van der Waals surface area contributed by atoms with Gasteiger partial charge in [-0.05, 0) is 12.8 Å². The average molecular weight is 848 g/mol. The first-order valence-corrected chi connectivity index (χ1v) is 25.6. The third-order valence-corrected chi connectivity index (χ3v) is 11.8. The number of carbonyl (C=O) groups is 3. The van der Waals surface area contributed by atoms with Crippen LogP contribution in [-0.4, -0.2) is 59.9 Å². The van der Waals surface area contributed by atoms with Gasteiger partial charge in [0.15, 0.2) is 6.10 Å². The van der Waals surface area contributed by atoms with Crippen molar-refractivity contribution in [2.45, 2.75) is 257 Å². The largest absolute Gasteiger partial charge is 0.480 e.